The first kappa shape index (κ1) is 14.4. The molecule has 0 aromatic heterocycles. The van der Waals surface area contributed by atoms with Crippen molar-refractivity contribution >= 4 is 5.91 Å². The van der Waals surface area contributed by atoms with Crippen LogP contribution in [0.3, 0.4) is 0 Å². The predicted octanol–water partition coefficient (Wildman–Crippen LogP) is 2.90. The van der Waals surface area contributed by atoms with Crippen molar-refractivity contribution in [2.24, 2.45) is 0 Å². The van der Waals surface area contributed by atoms with E-state index in [1.54, 1.807) is 30.3 Å². The smallest absolute Gasteiger partial charge is 0.370 e. The Balaban J connectivity index is 1.78. The van der Waals surface area contributed by atoms with E-state index < -0.39 is 18.1 Å². The van der Waals surface area contributed by atoms with Gasteiger partial charge >= 0.3 is 12.1 Å². The van der Waals surface area contributed by atoms with Crippen LogP contribution in [-0.2, 0) is 16.1 Å². The molecule has 1 aromatic rings. The van der Waals surface area contributed by atoms with Gasteiger partial charge in [0.05, 0.1) is 12.2 Å². The number of hydrogen-bond donors (Lipinski definition) is 0. The van der Waals surface area contributed by atoms with E-state index in [-0.39, 0.29) is 18.8 Å². The lowest BCUT2D eigenvalue weighted by molar-refractivity contribution is -0.189. The number of carbonyl (C=O) groups is 1. The molecule has 0 N–H and O–H groups in total. The van der Waals surface area contributed by atoms with Crippen LogP contribution in [0.5, 0.6) is 0 Å². The summed E-state index contributed by atoms with van der Waals surface area (Å²) in [5.74, 6) is -1.75. The molecule has 1 aliphatic heterocycles. The fourth-order valence-corrected chi connectivity index (χ4v) is 2.98. The maximum Gasteiger partial charge on any atom is 0.471 e. The zero-order valence-corrected chi connectivity index (χ0v) is 11.3. The summed E-state index contributed by atoms with van der Waals surface area (Å²) in [6, 6.07) is 8.37. The fourth-order valence-electron chi connectivity index (χ4n) is 2.98. The minimum absolute atomic E-state index is 0.0127. The van der Waals surface area contributed by atoms with Gasteiger partial charge in [-0.2, -0.15) is 13.2 Å². The van der Waals surface area contributed by atoms with Crippen molar-refractivity contribution in [3.8, 4) is 0 Å². The minimum Gasteiger partial charge on any atom is -0.370 e. The van der Waals surface area contributed by atoms with Gasteiger partial charge in [-0.05, 0) is 24.8 Å². The molecule has 6 heteroatoms. The lowest BCUT2D eigenvalue weighted by Gasteiger charge is -2.33. The number of halogens is 3. The Morgan fingerprint density at radius 3 is 2.52 bits per heavy atom. The second kappa shape index (κ2) is 5.33. The summed E-state index contributed by atoms with van der Waals surface area (Å²) in [6.45, 7) is -0.0127. The summed E-state index contributed by atoms with van der Waals surface area (Å²) >= 11 is 0. The van der Waals surface area contributed by atoms with Crippen LogP contribution in [0.15, 0.2) is 30.3 Å². The normalized spacial score (nSPS) is 27.9. The van der Waals surface area contributed by atoms with Crippen molar-refractivity contribution in [3.05, 3.63) is 35.9 Å². The van der Waals surface area contributed by atoms with E-state index in [9.17, 15) is 18.0 Å². The second-order valence-electron chi connectivity index (χ2n) is 5.60. The van der Waals surface area contributed by atoms with E-state index in [1.807, 2.05) is 0 Å². The molecule has 2 fully saturated rings. The Hall–Kier alpha value is -1.56. The van der Waals surface area contributed by atoms with Gasteiger partial charge in [0.15, 0.2) is 0 Å². The molecule has 3 atom stereocenters. The van der Waals surface area contributed by atoms with Crippen molar-refractivity contribution in [3.63, 3.8) is 0 Å². The largest absolute Gasteiger partial charge is 0.471 e. The Kier molecular flexibility index (Phi) is 3.65. The van der Waals surface area contributed by atoms with Crippen LogP contribution in [0.25, 0.3) is 0 Å². The van der Waals surface area contributed by atoms with Gasteiger partial charge in [-0.25, -0.2) is 0 Å². The number of benzene rings is 1. The lowest BCUT2D eigenvalue weighted by Crippen LogP contribution is -2.48. The first-order chi connectivity index (χ1) is 9.95. The van der Waals surface area contributed by atoms with Gasteiger partial charge in [-0.1, -0.05) is 30.3 Å². The first-order valence-corrected chi connectivity index (χ1v) is 7.02. The molecule has 0 spiro atoms. The van der Waals surface area contributed by atoms with Crippen LogP contribution in [0, 0.1) is 0 Å². The average Bonchev–Trinajstić information content (AvgIpc) is 3.22. The zero-order chi connectivity index (χ0) is 15.0. The summed E-state index contributed by atoms with van der Waals surface area (Å²) in [7, 11) is 0. The van der Waals surface area contributed by atoms with Gasteiger partial charge in [-0.15, -0.1) is 0 Å². The van der Waals surface area contributed by atoms with Gasteiger partial charge < -0.3 is 9.64 Å². The zero-order valence-electron chi connectivity index (χ0n) is 11.3. The number of hydrogen-bond acceptors (Lipinski definition) is 2. The molecular formula is C15H16F3NO2. The highest BCUT2D eigenvalue weighted by Crippen LogP contribution is 2.39. The van der Waals surface area contributed by atoms with Crippen LogP contribution in [0.1, 0.15) is 24.8 Å². The summed E-state index contributed by atoms with van der Waals surface area (Å²) < 4.78 is 43.9. The van der Waals surface area contributed by atoms with Crippen molar-refractivity contribution in [2.45, 2.75) is 50.2 Å². The van der Waals surface area contributed by atoms with Gasteiger partial charge in [0.1, 0.15) is 0 Å². The summed E-state index contributed by atoms with van der Waals surface area (Å²) in [4.78, 5) is 12.7. The molecule has 2 aliphatic rings. The number of rotatable bonds is 3. The molecule has 0 radical (unpaired) electrons. The number of amides is 1. The van der Waals surface area contributed by atoms with Crippen LogP contribution in [0.4, 0.5) is 13.2 Å². The van der Waals surface area contributed by atoms with Gasteiger partial charge in [0.2, 0.25) is 0 Å². The fraction of sp³-hybridized carbons (Fsp3) is 0.533. The van der Waals surface area contributed by atoms with Crippen LogP contribution in [0.2, 0.25) is 0 Å². The molecule has 1 aliphatic carbocycles. The molecule has 3 unspecified atom stereocenters. The second-order valence-corrected chi connectivity index (χ2v) is 5.60. The Morgan fingerprint density at radius 1 is 1.19 bits per heavy atom. The standard InChI is InChI=1S/C15H16F3NO2/c16-15(17,18)14(20)19(9-10-4-2-1-3-5-10)11-6-7-12-13(8-11)21-12/h1-5,11-13H,6-9H2. The summed E-state index contributed by atoms with van der Waals surface area (Å²) in [5.41, 5.74) is 0.703. The third kappa shape index (κ3) is 3.20. The number of nitrogens with zero attached hydrogens (tertiary/aromatic N) is 1. The maximum atomic E-state index is 12.8. The quantitative estimate of drug-likeness (QED) is 0.804. The highest BCUT2D eigenvalue weighted by atomic mass is 19.4. The molecule has 1 saturated carbocycles. The third-order valence-corrected chi connectivity index (χ3v) is 4.12. The maximum absolute atomic E-state index is 12.8. The van der Waals surface area contributed by atoms with E-state index in [0.29, 0.717) is 18.4 Å². The molecule has 21 heavy (non-hydrogen) atoms. The van der Waals surface area contributed by atoms with Gasteiger partial charge in [0.25, 0.3) is 0 Å². The predicted molar refractivity (Wildman–Crippen MR) is 69.3 cm³/mol. The molecule has 114 valence electrons. The first-order valence-electron chi connectivity index (χ1n) is 7.02. The van der Waals surface area contributed by atoms with E-state index >= 15 is 0 Å². The molecule has 1 saturated heterocycles. The highest BCUT2D eigenvalue weighted by molar-refractivity contribution is 5.82. The van der Waals surface area contributed by atoms with Crippen molar-refractivity contribution < 1.29 is 22.7 Å². The molecule has 1 amide bonds. The average molecular weight is 299 g/mol. The third-order valence-electron chi connectivity index (χ3n) is 4.12. The van der Waals surface area contributed by atoms with E-state index in [2.05, 4.69) is 0 Å². The van der Waals surface area contributed by atoms with Crippen molar-refractivity contribution in [1.82, 2.24) is 4.90 Å². The Labute approximate surface area is 120 Å². The number of fused-ring (bicyclic) bond motifs is 1. The van der Waals surface area contributed by atoms with Gasteiger partial charge in [-0.3, -0.25) is 4.79 Å². The van der Waals surface area contributed by atoms with E-state index in [0.717, 1.165) is 11.3 Å². The number of epoxide rings is 1. The molecular weight excluding hydrogens is 283 g/mol. The van der Waals surface area contributed by atoms with Crippen LogP contribution in [-0.4, -0.2) is 35.2 Å². The minimum atomic E-state index is -4.84. The van der Waals surface area contributed by atoms with Gasteiger partial charge in [0, 0.05) is 12.6 Å². The summed E-state index contributed by atoms with van der Waals surface area (Å²) in [5, 5.41) is 0. The number of carbonyl (C=O) groups excluding carboxylic acids is 1. The van der Waals surface area contributed by atoms with E-state index in [4.69, 9.17) is 4.74 Å². The molecule has 0 bridgehead atoms. The van der Waals surface area contributed by atoms with Crippen molar-refractivity contribution in [1.29, 1.82) is 0 Å². The Morgan fingerprint density at radius 2 is 1.90 bits per heavy atom. The molecule has 1 heterocycles. The van der Waals surface area contributed by atoms with Crippen LogP contribution >= 0.6 is 0 Å². The van der Waals surface area contributed by atoms with Crippen molar-refractivity contribution in [2.75, 3.05) is 0 Å². The number of alkyl halides is 3. The summed E-state index contributed by atoms with van der Waals surface area (Å²) in [6.07, 6.45) is -2.82. The SMILES string of the molecule is O=C(N(Cc1ccccc1)C1CCC2OC2C1)C(F)(F)F. The topological polar surface area (TPSA) is 32.8 Å². The van der Waals surface area contributed by atoms with Crippen LogP contribution < -0.4 is 0 Å². The Bertz CT molecular complexity index is 517. The lowest BCUT2D eigenvalue weighted by atomic mass is 9.93. The number of ether oxygens (including phenoxy) is 1. The molecule has 1 aromatic carbocycles. The molecule has 3 rings (SSSR count). The highest BCUT2D eigenvalue weighted by Gasteiger charge is 2.50. The molecule has 3 nitrogen and oxygen atoms in total. The monoisotopic (exact) mass is 299 g/mol. The van der Waals surface area contributed by atoms with E-state index in [1.165, 1.54) is 0 Å².